The lowest BCUT2D eigenvalue weighted by Gasteiger charge is -2.47. The van der Waals surface area contributed by atoms with Gasteiger partial charge in [0, 0.05) is 11.2 Å². The summed E-state index contributed by atoms with van der Waals surface area (Å²) >= 11 is 0. The number of amides is 1. The Morgan fingerprint density at radius 2 is 2.00 bits per heavy atom. The van der Waals surface area contributed by atoms with Gasteiger partial charge < -0.3 is 15.7 Å². The summed E-state index contributed by atoms with van der Waals surface area (Å²) in [6.45, 7) is 11.0. The van der Waals surface area contributed by atoms with E-state index in [-0.39, 0.29) is 30.0 Å². The van der Waals surface area contributed by atoms with Crippen LogP contribution in [-0.4, -0.2) is 29.7 Å². The third kappa shape index (κ3) is 4.81. The molecular formula is C20H32N2O2. The first-order valence-corrected chi connectivity index (χ1v) is 8.88. The fraction of sp³-hybridized carbons (Fsp3) is 0.650. The van der Waals surface area contributed by atoms with Crippen LogP contribution in [0.2, 0.25) is 0 Å². The zero-order valence-corrected chi connectivity index (χ0v) is 15.7. The second-order valence-electron chi connectivity index (χ2n) is 8.51. The van der Waals surface area contributed by atoms with Gasteiger partial charge in [0.25, 0.3) is 0 Å². The maximum Gasteiger partial charge on any atom is 0.238 e. The molecule has 1 aromatic rings. The molecule has 134 valence electrons. The molecule has 4 heteroatoms. The van der Waals surface area contributed by atoms with E-state index in [0.717, 1.165) is 30.5 Å². The Bertz CT molecular complexity index is 597. The molecular weight excluding hydrogens is 300 g/mol. The molecule has 24 heavy (non-hydrogen) atoms. The van der Waals surface area contributed by atoms with Crippen LogP contribution in [0, 0.1) is 25.2 Å². The second kappa shape index (κ2) is 7.24. The number of aliphatic hydroxyl groups excluding tert-OH is 1. The van der Waals surface area contributed by atoms with Gasteiger partial charge in [0.2, 0.25) is 5.91 Å². The molecule has 0 unspecified atom stereocenters. The summed E-state index contributed by atoms with van der Waals surface area (Å²) in [6, 6.07) is 6.00. The highest BCUT2D eigenvalue weighted by molar-refractivity contribution is 5.93. The van der Waals surface area contributed by atoms with Gasteiger partial charge in [-0.25, -0.2) is 0 Å². The van der Waals surface area contributed by atoms with Crippen LogP contribution in [0.25, 0.3) is 0 Å². The number of anilines is 1. The Kier molecular flexibility index (Phi) is 5.71. The quantitative estimate of drug-likeness (QED) is 0.774. The van der Waals surface area contributed by atoms with Crippen molar-refractivity contribution in [1.82, 2.24) is 5.32 Å². The van der Waals surface area contributed by atoms with Crippen molar-refractivity contribution in [2.75, 3.05) is 18.5 Å². The molecule has 0 saturated heterocycles. The molecule has 1 aliphatic carbocycles. The number of rotatable bonds is 5. The summed E-state index contributed by atoms with van der Waals surface area (Å²) in [6.07, 6.45) is 2.95. The molecule has 1 aliphatic rings. The molecule has 2 atom stereocenters. The average molecular weight is 332 g/mol. The van der Waals surface area contributed by atoms with E-state index in [4.69, 9.17) is 0 Å². The smallest absolute Gasteiger partial charge is 0.238 e. The van der Waals surface area contributed by atoms with Gasteiger partial charge in [-0.05, 0) is 56.1 Å². The number of hydrogen-bond acceptors (Lipinski definition) is 3. The minimum atomic E-state index is -0.360. The Hall–Kier alpha value is -1.39. The number of nitrogens with one attached hydrogen (secondary N) is 2. The van der Waals surface area contributed by atoms with Crippen molar-refractivity contribution in [3.05, 3.63) is 29.3 Å². The maximum atomic E-state index is 12.3. The first-order valence-electron chi connectivity index (χ1n) is 8.88. The van der Waals surface area contributed by atoms with E-state index in [9.17, 15) is 9.90 Å². The summed E-state index contributed by atoms with van der Waals surface area (Å²) in [5.74, 6) is 0.474. The molecule has 0 aliphatic heterocycles. The number of carbonyl (C=O) groups excluding carboxylic acids is 1. The SMILES string of the molecule is Cc1ccc(NC(=O)CN[C@]2(CO)C[C@@H](C)CC(C)(C)C2)c(C)c1. The first kappa shape index (κ1) is 18.9. The van der Waals surface area contributed by atoms with Crippen LogP contribution in [0.3, 0.4) is 0 Å². The van der Waals surface area contributed by atoms with Crippen molar-refractivity contribution in [2.45, 2.75) is 59.4 Å². The molecule has 0 aromatic heterocycles. The summed E-state index contributed by atoms with van der Waals surface area (Å²) in [5, 5.41) is 16.3. The van der Waals surface area contributed by atoms with Gasteiger partial charge in [-0.3, -0.25) is 4.79 Å². The summed E-state index contributed by atoms with van der Waals surface area (Å²) in [7, 11) is 0. The summed E-state index contributed by atoms with van der Waals surface area (Å²) in [4.78, 5) is 12.3. The Balaban J connectivity index is 1.98. The Morgan fingerprint density at radius 1 is 1.29 bits per heavy atom. The van der Waals surface area contributed by atoms with E-state index in [2.05, 4.69) is 37.5 Å². The highest BCUT2D eigenvalue weighted by Gasteiger charge is 2.42. The molecule has 0 spiro atoms. The maximum absolute atomic E-state index is 12.3. The van der Waals surface area contributed by atoms with Gasteiger partial charge in [0.15, 0.2) is 0 Å². The molecule has 2 rings (SSSR count). The molecule has 4 nitrogen and oxygen atoms in total. The van der Waals surface area contributed by atoms with E-state index in [0.29, 0.717) is 5.92 Å². The summed E-state index contributed by atoms with van der Waals surface area (Å²) in [5.41, 5.74) is 2.91. The van der Waals surface area contributed by atoms with Crippen LogP contribution in [0.4, 0.5) is 5.69 Å². The highest BCUT2D eigenvalue weighted by atomic mass is 16.3. The number of carbonyl (C=O) groups is 1. The Morgan fingerprint density at radius 3 is 2.58 bits per heavy atom. The van der Waals surface area contributed by atoms with Crippen molar-refractivity contribution >= 4 is 11.6 Å². The van der Waals surface area contributed by atoms with Crippen LogP contribution in [0.15, 0.2) is 18.2 Å². The minimum Gasteiger partial charge on any atom is -0.394 e. The third-order valence-corrected chi connectivity index (χ3v) is 5.04. The summed E-state index contributed by atoms with van der Waals surface area (Å²) < 4.78 is 0. The van der Waals surface area contributed by atoms with Crippen LogP contribution < -0.4 is 10.6 Å². The van der Waals surface area contributed by atoms with Crippen molar-refractivity contribution in [1.29, 1.82) is 0 Å². The van der Waals surface area contributed by atoms with E-state index >= 15 is 0 Å². The number of aryl methyl sites for hydroxylation is 2. The van der Waals surface area contributed by atoms with Crippen LogP contribution in [0.1, 0.15) is 51.2 Å². The number of hydrogen-bond donors (Lipinski definition) is 3. The lowest BCUT2D eigenvalue weighted by atomic mass is 9.64. The first-order chi connectivity index (χ1) is 11.1. The monoisotopic (exact) mass is 332 g/mol. The van der Waals surface area contributed by atoms with Gasteiger partial charge in [-0.1, -0.05) is 38.5 Å². The van der Waals surface area contributed by atoms with E-state index < -0.39 is 0 Å². The van der Waals surface area contributed by atoms with Gasteiger partial charge in [-0.15, -0.1) is 0 Å². The van der Waals surface area contributed by atoms with Crippen LogP contribution >= 0.6 is 0 Å². The molecule has 3 N–H and O–H groups in total. The van der Waals surface area contributed by atoms with Crippen molar-refractivity contribution in [2.24, 2.45) is 11.3 Å². The Labute approximate surface area is 146 Å². The topological polar surface area (TPSA) is 61.4 Å². The molecule has 1 amide bonds. The lowest BCUT2D eigenvalue weighted by Crippen LogP contribution is -2.56. The molecule has 0 heterocycles. The van der Waals surface area contributed by atoms with Gasteiger partial charge >= 0.3 is 0 Å². The zero-order valence-electron chi connectivity index (χ0n) is 15.7. The van der Waals surface area contributed by atoms with E-state index in [1.165, 1.54) is 5.56 Å². The predicted octanol–water partition coefficient (Wildman–Crippen LogP) is 3.41. The second-order valence-corrected chi connectivity index (χ2v) is 8.51. The third-order valence-electron chi connectivity index (χ3n) is 5.04. The molecule has 1 fully saturated rings. The van der Waals surface area contributed by atoms with Gasteiger partial charge in [0.1, 0.15) is 0 Å². The molecule has 1 aromatic carbocycles. The fourth-order valence-electron chi connectivity index (χ4n) is 4.47. The van der Waals surface area contributed by atoms with Crippen LogP contribution in [-0.2, 0) is 4.79 Å². The normalized spacial score (nSPS) is 26.2. The highest BCUT2D eigenvalue weighted by Crippen LogP contribution is 2.43. The van der Waals surface area contributed by atoms with Gasteiger partial charge in [0.05, 0.1) is 13.2 Å². The van der Waals surface area contributed by atoms with Gasteiger partial charge in [-0.2, -0.15) is 0 Å². The van der Waals surface area contributed by atoms with Crippen molar-refractivity contribution < 1.29 is 9.90 Å². The lowest BCUT2D eigenvalue weighted by molar-refractivity contribution is -0.116. The number of aliphatic hydroxyl groups is 1. The van der Waals surface area contributed by atoms with Crippen LogP contribution in [0.5, 0.6) is 0 Å². The van der Waals surface area contributed by atoms with E-state index in [1.54, 1.807) is 0 Å². The fourth-order valence-corrected chi connectivity index (χ4v) is 4.47. The van der Waals surface area contributed by atoms with E-state index in [1.807, 2.05) is 26.0 Å². The molecule has 0 radical (unpaired) electrons. The van der Waals surface area contributed by atoms with Crippen molar-refractivity contribution in [3.8, 4) is 0 Å². The molecule has 1 saturated carbocycles. The van der Waals surface area contributed by atoms with Crippen molar-refractivity contribution in [3.63, 3.8) is 0 Å². The molecule has 0 bridgehead atoms. The number of benzene rings is 1. The minimum absolute atomic E-state index is 0.0641. The predicted molar refractivity (Wildman–Crippen MR) is 99.2 cm³/mol. The largest absolute Gasteiger partial charge is 0.394 e. The standard InChI is InChI=1S/C20H32N2O2/c1-14-6-7-17(16(3)8-14)22-18(24)11-21-20(13-23)10-15(2)9-19(4,5)12-20/h6-8,15,21,23H,9-13H2,1-5H3,(H,22,24)/t15-,20+/m0/s1. The zero-order chi connectivity index (χ0) is 18.0. The average Bonchev–Trinajstić information content (AvgIpc) is 2.46.